The fourth-order valence-electron chi connectivity index (χ4n) is 3.63. The summed E-state index contributed by atoms with van der Waals surface area (Å²) < 4.78 is 26.5. The van der Waals surface area contributed by atoms with Crippen molar-refractivity contribution in [2.45, 2.75) is 61.4 Å². The van der Waals surface area contributed by atoms with Gasteiger partial charge in [0.15, 0.2) is 6.29 Å². The van der Waals surface area contributed by atoms with E-state index in [2.05, 4.69) is 4.74 Å². The zero-order valence-electron chi connectivity index (χ0n) is 17.6. The fraction of sp³-hybridized carbons (Fsp3) is 0.650. The highest BCUT2D eigenvalue weighted by Crippen LogP contribution is 2.31. The van der Waals surface area contributed by atoms with E-state index in [1.54, 1.807) is 12.1 Å². The Balaban J connectivity index is 1.75. The lowest BCUT2D eigenvalue weighted by Gasteiger charge is -2.45. The molecule has 2 saturated heterocycles. The molecule has 0 spiro atoms. The Morgan fingerprint density at radius 3 is 2.09 bits per heavy atom. The summed E-state index contributed by atoms with van der Waals surface area (Å²) in [6, 6.07) is 5.95. The first-order chi connectivity index (χ1) is 15.7. The van der Waals surface area contributed by atoms with Gasteiger partial charge in [-0.05, 0) is 12.1 Å². The van der Waals surface area contributed by atoms with Gasteiger partial charge in [0, 0.05) is 0 Å². The van der Waals surface area contributed by atoms with Gasteiger partial charge in [-0.25, -0.2) is 4.79 Å². The smallest absolute Gasteiger partial charge is 0.341 e. The molecule has 2 heterocycles. The van der Waals surface area contributed by atoms with E-state index in [0.717, 1.165) is 0 Å². The molecule has 1 aromatic carbocycles. The lowest BCUT2D eigenvalue weighted by molar-refractivity contribution is -0.352. The van der Waals surface area contributed by atoms with Crippen molar-refractivity contribution >= 4 is 5.97 Å². The highest BCUT2D eigenvalue weighted by Gasteiger charge is 2.51. The maximum atomic E-state index is 11.9. The van der Waals surface area contributed by atoms with Gasteiger partial charge in [0.05, 0.1) is 20.3 Å². The number of hydrogen-bond donors (Lipinski definition) is 7. The maximum Gasteiger partial charge on any atom is 0.341 e. The van der Waals surface area contributed by atoms with E-state index in [1.807, 2.05) is 0 Å². The Hall–Kier alpha value is -1.91. The van der Waals surface area contributed by atoms with Crippen LogP contribution >= 0.6 is 0 Å². The summed E-state index contributed by atoms with van der Waals surface area (Å²) in [5.74, 6) is -0.718. The molecule has 13 nitrogen and oxygen atoms in total. The predicted octanol–water partition coefficient (Wildman–Crippen LogP) is -3.52. The third-order valence-corrected chi connectivity index (χ3v) is 5.50. The normalized spacial score (nSPS) is 39.2. The zero-order chi connectivity index (χ0) is 24.3. The molecule has 0 unspecified atom stereocenters. The van der Waals surface area contributed by atoms with Crippen LogP contribution in [0.15, 0.2) is 24.3 Å². The summed E-state index contributed by atoms with van der Waals surface area (Å²) in [6.45, 7) is -1.42. The van der Waals surface area contributed by atoms with Crippen LogP contribution in [0.25, 0.3) is 0 Å². The van der Waals surface area contributed by atoms with Crippen molar-refractivity contribution in [3.05, 3.63) is 29.8 Å². The summed E-state index contributed by atoms with van der Waals surface area (Å²) in [5, 5.41) is 70.2. The van der Waals surface area contributed by atoms with Crippen molar-refractivity contribution in [2.75, 3.05) is 20.3 Å². The number of hydrogen-bond acceptors (Lipinski definition) is 13. The summed E-state index contributed by atoms with van der Waals surface area (Å²) >= 11 is 0. The van der Waals surface area contributed by atoms with Gasteiger partial charge >= 0.3 is 5.97 Å². The topological polar surface area (TPSA) is 205 Å². The first kappa shape index (κ1) is 25.7. The Morgan fingerprint density at radius 2 is 1.45 bits per heavy atom. The van der Waals surface area contributed by atoms with Crippen LogP contribution in [0.3, 0.4) is 0 Å². The largest absolute Gasteiger partial charge is 0.465 e. The van der Waals surface area contributed by atoms with Crippen LogP contribution in [0.4, 0.5) is 0 Å². The van der Waals surface area contributed by atoms with Crippen LogP contribution in [0, 0.1) is 0 Å². The van der Waals surface area contributed by atoms with Gasteiger partial charge in [0.25, 0.3) is 0 Å². The molecule has 2 fully saturated rings. The summed E-state index contributed by atoms with van der Waals surface area (Å²) in [7, 11) is 1.18. The highest BCUT2D eigenvalue weighted by atomic mass is 16.7. The molecule has 7 N–H and O–H groups in total. The van der Waals surface area contributed by atoms with E-state index < -0.39 is 80.6 Å². The van der Waals surface area contributed by atoms with Gasteiger partial charge in [-0.2, -0.15) is 0 Å². The molecule has 0 saturated carbocycles. The monoisotopic (exact) mass is 476 g/mol. The zero-order valence-corrected chi connectivity index (χ0v) is 17.6. The number of methoxy groups -OCH3 is 1. The van der Waals surface area contributed by atoms with Crippen molar-refractivity contribution in [1.82, 2.24) is 0 Å². The molecule has 13 heteroatoms. The molecule has 0 amide bonds. The SMILES string of the molecule is COC(=O)c1ccccc1O[C@@H]1O[C@H](CO)[C@H](O[C@H]2O[C@H](CO)[C@H](O)[C@H](O)[C@H]2O)[C@H](O)[C@H]1O. The van der Waals surface area contributed by atoms with E-state index in [-0.39, 0.29) is 11.3 Å². The van der Waals surface area contributed by atoms with Crippen LogP contribution in [0.1, 0.15) is 10.4 Å². The van der Waals surface area contributed by atoms with Gasteiger partial charge in [-0.1, -0.05) is 12.1 Å². The second-order valence-corrected chi connectivity index (χ2v) is 7.61. The number of carbonyl (C=O) groups is 1. The van der Waals surface area contributed by atoms with Crippen LogP contribution in [-0.2, 0) is 18.9 Å². The van der Waals surface area contributed by atoms with Crippen molar-refractivity contribution in [1.29, 1.82) is 0 Å². The van der Waals surface area contributed by atoms with Gasteiger partial charge in [-0.3, -0.25) is 0 Å². The molecule has 186 valence electrons. The Labute approximate surface area is 188 Å². The number of esters is 1. The van der Waals surface area contributed by atoms with E-state index in [9.17, 15) is 40.5 Å². The van der Waals surface area contributed by atoms with Gasteiger partial charge in [-0.15, -0.1) is 0 Å². The molecule has 10 atom stereocenters. The molecule has 0 bridgehead atoms. The number of ether oxygens (including phenoxy) is 5. The van der Waals surface area contributed by atoms with Gasteiger partial charge in [0.1, 0.15) is 60.1 Å². The molecule has 0 radical (unpaired) electrons. The number of aliphatic hydroxyl groups is 7. The Kier molecular flexibility index (Phi) is 8.58. The van der Waals surface area contributed by atoms with E-state index >= 15 is 0 Å². The van der Waals surface area contributed by atoms with Crippen LogP contribution in [0.2, 0.25) is 0 Å². The third-order valence-electron chi connectivity index (χ3n) is 5.50. The molecule has 0 aromatic heterocycles. The molecular weight excluding hydrogens is 448 g/mol. The molecule has 33 heavy (non-hydrogen) atoms. The van der Waals surface area contributed by atoms with E-state index in [4.69, 9.17) is 18.9 Å². The molecule has 0 aliphatic carbocycles. The Morgan fingerprint density at radius 1 is 0.848 bits per heavy atom. The average molecular weight is 476 g/mol. The van der Waals surface area contributed by atoms with Crippen LogP contribution in [-0.4, -0.2) is 123 Å². The minimum absolute atomic E-state index is 0.00871. The second-order valence-electron chi connectivity index (χ2n) is 7.61. The molecule has 2 aliphatic heterocycles. The minimum atomic E-state index is -1.77. The predicted molar refractivity (Wildman–Crippen MR) is 105 cm³/mol. The van der Waals surface area contributed by atoms with Crippen molar-refractivity contribution in [3.63, 3.8) is 0 Å². The maximum absolute atomic E-state index is 11.9. The number of aliphatic hydroxyl groups excluding tert-OH is 7. The number of benzene rings is 1. The summed E-state index contributed by atoms with van der Waals surface area (Å²) in [4.78, 5) is 11.9. The quantitative estimate of drug-likeness (QED) is 0.191. The van der Waals surface area contributed by atoms with E-state index in [0.29, 0.717) is 0 Å². The summed E-state index contributed by atoms with van der Waals surface area (Å²) in [6.07, 6.45) is -15.8. The van der Waals surface area contributed by atoms with E-state index in [1.165, 1.54) is 19.2 Å². The second kappa shape index (κ2) is 11.0. The minimum Gasteiger partial charge on any atom is -0.465 e. The van der Waals surface area contributed by atoms with Crippen molar-refractivity contribution < 1.29 is 64.2 Å². The first-order valence-corrected chi connectivity index (χ1v) is 10.2. The molecule has 3 rings (SSSR count). The van der Waals surface area contributed by atoms with Gasteiger partial charge in [0.2, 0.25) is 6.29 Å². The standard InChI is InChI=1S/C20H28O13/c1-29-18(28)8-4-2-3-5-9(8)30-19-16(27)14(25)17(11(7-22)32-19)33-20-15(26)13(24)12(23)10(6-21)31-20/h2-5,10-17,19-27H,6-7H2,1H3/t10-,11-,12+,13+,14-,15-,16-,17+,19-,20-/m1/s1. The number of rotatable bonds is 7. The average Bonchev–Trinajstić information content (AvgIpc) is 2.83. The number of para-hydroxylation sites is 1. The molecule has 1 aromatic rings. The van der Waals surface area contributed by atoms with Crippen molar-refractivity contribution in [2.24, 2.45) is 0 Å². The Bertz CT molecular complexity index is 787. The highest BCUT2D eigenvalue weighted by molar-refractivity contribution is 5.92. The third kappa shape index (κ3) is 5.27. The lowest BCUT2D eigenvalue weighted by Crippen LogP contribution is -2.65. The lowest BCUT2D eigenvalue weighted by atomic mass is 9.97. The molecular formula is C20H28O13. The van der Waals surface area contributed by atoms with Crippen LogP contribution < -0.4 is 4.74 Å². The number of carbonyl (C=O) groups excluding carboxylic acids is 1. The first-order valence-electron chi connectivity index (χ1n) is 10.2. The summed E-state index contributed by atoms with van der Waals surface area (Å²) in [5.41, 5.74) is 0.0329. The van der Waals surface area contributed by atoms with Crippen LogP contribution in [0.5, 0.6) is 5.75 Å². The molecule has 2 aliphatic rings. The fourth-order valence-corrected chi connectivity index (χ4v) is 3.63. The van der Waals surface area contributed by atoms with Crippen molar-refractivity contribution in [3.8, 4) is 5.75 Å². The van der Waals surface area contributed by atoms with Gasteiger partial charge < -0.3 is 59.4 Å².